The van der Waals surface area contributed by atoms with Crippen LogP contribution in [0.1, 0.15) is 25.0 Å². The van der Waals surface area contributed by atoms with Crippen LogP contribution in [-0.4, -0.2) is 69.1 Å². The minimum Gasteiger partial charge on any atom is -0.768 e. The number of benzene rings is 2. The number of tetrazole rings is 1. The lowest BCUT2D eigenvalue weighted by atomic mass is 9.96. The number of ether oxygens (including phenoxy) is 1. The van der Waals surface area contributed by atoms with E-state index in [0.29, 0.717) is 30.6 Å². The minimum atomic E-state index is -4.19. The van der Waals surface area contributed by atoms with Gasteiger partial charge in [0.05, 0.1) is 15.8 Å². The van der Waals surface area contributed by atoms with Gasteiger partial charge in [0, 0.05) is 18.2 Å². The number of sulfonamides is 1. The van der Waals surface area contributed by atoms with Crippen LogP contribution in [0.25, 0.3) is 22.5 Å². The van der Waals surface area contributed by atoms with Crippen LogP contribution in [0.2, 0.25) is 0 Å². The number of aromatic nitrogens is 4. The van der Waals surface area contributed by atoms with Crippen LogP contribution in [0.5, 0.6) is 0 Å². The number of nitrogens with one attached hydrogen (secondary N) is 4. The number of nitrogens with zero attached hydrogens (tertiary/aromatic N) is 3. The van der Waals surface area contributed by atoms with Crippen LogP contribution in [0.3, 0.4) is 0 Å². The fourth-order valence-corrected chi connectivity index (χ4v) is 6.92. The molecule has 5 rings (SSSR count). The summed E-state index contributed by atoms with van der Waals surface area (Å²) in [6, 6.07) is 9.15. The number of amides is 1. The van der Waals surface area contributed by atoms with Crippen molar-refractivity contribution in [1.29, 1.82) is 0 Å². The third-order valence-corrected chi connectivity index (χ3v) is 8.56. The second-order valence-corrected chi connectivity index (χ2v) is 11.0. The zero-order valence-electron chi connectivity index (χ0n) is 18.9. The number of aromatic amines is 1. The van der Waals surface area contributed by atoms with Crippen molar-refractivity contribution in [2.45, 2.75) is 41.3 Å². The smallest absolute Gasteiger partial charge is 0.408 e. The van der Waals surface area contributed by atoms with E-state index in [-0.39, 0.29) is 23.5 Å². The number of H-pyrrole nitrogens is 1. The number of hydrogen-bond acceptors (Lipinski definition) is 10. The van der Waals surface area contributed by atoms with E-state index < -0.39 is 43.1 Å². The van der Waals surface area contributed by atoms with Gasteiger partial charge in [0.25, 0.3) is 0 Å². The van der Waals surface area contributed by atoms with Crippen molar-refractivity contribution in [2.75, 3.05) is 13.1 Å². The Morgan fingerprint density at radius 1 is 1.19 bits per heavy atom. The maximum atomic E-state index is 13.2. The van der Waals surface area contributed by atoms with Crippen molar-refractivity contribution < 1.29 is 26.7 Å². The summed E-state index contributed by atoms with van der Waals surface area (Å²) in [6.07, 6.45) is -0.393. The number of cyclic esters (lactones) is 1. The highest BCUT2D eigenvalue weighted by Crippen LogP contribution is 2.39. The maximum Gasteiger partial charge on any atom is 0.408 e. The van der Waals surface area contributed by atoms with E-state index in [1.54, 1.807) is 24.3 Å². The molecule has 2 aliphatic rings. The highest BCUT2D eigenvalue weighted by molar-refractivity contribution is 7.90. The predicted octanol–water partition coefficient (Wildman–Crippen LogP) is 0.581. The lowest BCUT2D eigenvalue weighted by Gasteiger charge is -2.21. The summed E-state index contributed by atoms with van der Waals surface area (Å²) < 4.78 is 59.2. The van der Waals surface area contributed by atoms with Crippen molar-refractivity contribution in [2.24, 2.45) is 0 Å². The first-order valence-electron chi connectivity index (χ1n) is 11.0. The number of carbonyl (C=O) groups is 1. The van der Waals surface area contributed by atoms with E-state index >= 15 is 0 Å². The van der Waals surface area contributed by atoms with Crippen LogP contribution < -0.4 is 15.4 Å². The Morgan fingerprint density at radius 2 is 1.97 bits per heavy atom. The molecule has 2 aliphatic heterocycles. The number of rotatable bonds is 7. The van der Waals surface area contributed by atoms with Gasteiger partial charge < -0.3 is 19.9 Å². The molecule has 0 radical (unpaired) electrons. The van der Waals surface area contributed by atoms with Gasteiger partial charge in [0.2, 0.25) is 15.8 Å². The topological polar surface area (TPSA) is 191 Å². The van der Waals surface area contributed by atoms with Crippen molar-refractivity contribution in [3.63, 3.8) is 0 Å². The molecule has 0 bridgehead atoms. The predicted molar refractivity (Wildman–Crippen MR) is 126 cm³/mol. The Kier molecular flexibility index (Phi) is 6.57. The maximum absolute atomic E-state index is 13.2. The first-order valence-corrected chi connectivity index (χ1v) is 13.6. The molecule has 15 heteroatoms. The van der Waals surface area contributed by atoms with Crippen molar-refractivity contribution in [3.05, 3.63) is 42.0 Å². The zero-order valence-corrected chi connectivity index (χ0v) is 20.6. The van der Waals surface area contributed by atoms with E-state index in [9.17, 15) is 22.0 Å². The van der Waals surface area contributed by atoms with Gasteiger partial charge in [-0.3, -0.25) is 4.21 Å². The van der Waals surface area contributed by atoms with Crippen molar-refractivity contribution >= 4 is 27.2 Å². The monoisotopic (exact) mass is 532 g/mol. The van der Waals surface area contributed by atoms with E-state index in [2.05, 4.69) is 36.0 Å². The van der Waals surface area contributed by atoms with Gasteiger partial charge in [-0.25, -0.2) is 17.9 Å². The van der Waals surface area contributed by atoms with Gasteiger partial charge in [-0.2, -0.15) is 5.21 Å². The molecule has 4 N–H and O–H groups in total. The van der Waals surface area contributed by atoms with E-state index in [1.807, 2.05) is 6.92 Å². The van der Waals surface area contributed by atoms with Gasteiger partial charge in [0.1, 0.15) is 6.10 Å². The summed E-state index contributed by atoms with van der Waals surface area (Å²) in [5.74, 6) is -0.0737. The summed E-state index contributed by atoms with van der Waals surface area (Å²) in [5, 5.41) is 19.4. The Morgan fingerprint density at radius 3 is 2.56 bits per heavy atom. The Labute approximate surface area is 208 Å². The van der Waals surface area contributed by atoms with E-state index in [4.69, 9.17) is 4.74 Å². The van der Waals surface area contributed by atoms with Crippen molar-refractivity contribution in [1.82, 2.24) is 36.0 Å². The SMILES string of the molecule is C[C@H]1NC(=O)O[C@H]1c1ccc(-c2ccc(S(=O)(=O)N[C@@H]3CCNC3)c(S(=O)[O-])c2-c2nn[nH]n2)cc1. The first-order chi connectivity index (χ1) is 17.2. The molecule has 36 heavy (non-hydrogen) atoms. The third-order valence-electron chi connectivity index (χ3n) is 6.11. The molecule has 0 aliphatic carbocycles. The van der Waals surface area contributed by atoms with Crippen LogP contribution >= 0.6 is 0 Å². The van der Waals surface area contributed by atoms with Crippen LogP contribution in [0.4, 0.5) is 4.79 Å². The number of alkyl carbamates (subject to hydrolysis) is 1. The largest absolute Gasteiger partial charge is 0.768 e. The Balaban J connectivity index is 1.61. The molecule has 0 spiro atoms. The summed E-state index contributed by atoms with van der Waals surface area (Å²) in [5.41, 5.74) is 1.71. The first kappa shape index (κ1) is 24.5. The van der Waals surface area contributed by atoms with E-state index in [0.717, 1.165) is 5.56 Å². The molecule has 1 aromatic heterocycles. The highest BCUT2D eigenvalue weighted by atomic mass is 32.2. The van der Waals surface area contributed by atoms with Crippen LogP contribution in [0, 0.1) is 0 Å². The van der Waals surface area contributed by atoms with Gasteiger partial charge in [-0.05, 0) is 58.9 Å². The molecule has 13 nitrogen and oxygen atoms in total. The van der Waals surface area contributed by atoms with Gasteiger partial charge in [-0.1, -0.05) is 30.3 Å². The lowest BCUT2D eigenvalue weighted by Crippen LogP contribution is -2.36. The van der Waals surface area contributed by atoms with Crippen molar-refractivity contribution in [3.8, 4) is 22.5 Å². The summed E-state index contributed by atoms with van der Waals surface area (Å²) in [6.45, 7) is 2.93. The lowest BCUT2D eigenvalue weighted by molar-refractivity contribution is 0.134. The normalized spacial score (nSPS) is 22.8. The molecule has 4 atom stereocenters. The molecule has 1 unspecified atom stereocenters. The zero-order chi connectivity index (χ0) is 25.4. The van der Waals surface area contributed by atoms with Crippen LogP contribution in [-0.2, 0) is 25.8 Å². The van der Waals surface area contributed by atoms with Gasteiger partial charge >= 0.3 is 6.09 Å². The summed E-state index contributed by atoms with van der Waals surface area (Å²) in [7, 11) is -4.19. The minimum absolute atomic E-state index is 0.000385. The molecular weight excluding hydrogens is 510 g/mol. The highest BCUT2D eigenvalue weighted by Gasteiger charge is 2.32. The fourth-order valence-electron chi connectivity index (χ4n) is 4.43. The summed E-state index contributed by atoms with van der Waals surface area (Å²) >= 11 is -2.96. The Hall–Kier alpha value is -3.24. The molecule has 190 valence electrons. The molecule has 1 amide bonds. The van der Waals surface area contributed by atoms with E-state index in [1.165, 1.54) is 12.1 Å². The standard InChI is InChI=1S/C21H23N7O6S2/c1-11-18(34-21(29)23-11)13-4-2-12(3-5-13)15-6-7-16(36(32,33)26-14-8-9-22-10-14)19(35(30)31)17(15)20-24-27-28-25-20/h2-7,11,14,18,22,26H,8-10H2,1H3,(H,23,29)(H,30,31)(H,24,25,27,28)/p-1/t11-,14-,18-/m1/s1. The van der Waals surface area contributed by atoms with Gasteiger partial charge in [0.15, 0.2) is 0 Å². The third kappa shape index (κ3) is 4.62. The fraction of sp³-hybridized carbons (Fsp3) is 0.333. The Bertz CT molecular complexity index is 1410. The number of carbonyl (C=O) groups excluding carboxylic acids is 1. The molecule has 3 aromatic rings. The molecule has 2 aromatic carbocycles. The molecule has 2 saturated heterocycles. The average Bonchev–Trinajstić information content (AvgIpc) is 3.61. The van der Waals surface area contributed by atoms with Gasteiger partial charge in [-0.15, -0.1) is 10.2 Å². The van der Waals surface area contributed by atoms with Crippen LogP contribution in [0.15, 0.2) is 46.2 Å². The molecule has 3 heterocycles. The average molecular weight is 533 g/mol. The number of hydrogen-bond donors (Lipinski definition) is 4. The summed E-state index contributed by atoms with van der Waals surface area (Å²) in [4.78, 5) is 10.7. The quantitative estimate of drug-likeness (QED) is 0.313. The second-order valence-electron chi connectivity index (χ2n) is 8.48. The second kappa shape index (κ2) is 9.67. The molecule has 0 saturated carbocycles. The molecule has 2 fully saturated rings. The molecular formula is C21H22N7O6S2-.